The van der Waals surface area contributed by atoms with Crippen LogP contribution in [0.5, 0.6) is 0 Å². The Bertz CT molecular complexity index is 350. The number of aryl methyl sites for hydroxylation is 1. The molecule has 0 aliphatic heterocycles. The van der Waals surface area contributed by atoms with Gasteiger partial charge in [-0.05, 0) is 40.7 Å². The molecule has 1 aromatic rings. The molecule has 4 nitrogen and oxygen atoms in total. The molecule has 0 aliphatic rings. The molecule has 1 aromatic heterocycles. The van der Waals surface area contributed by atoms with E-state index >= 15 is 0 Å². The molecule has 1 unspecified atom stereocenters. The number of nitrogens with one attached hydrogen (secondary N) is 1. The van der Waals surface area contributed by atoms with Gasteiger partial charge < -0.3 is 15.0 Å². The first-order valence-electron chi connectivity index (χ1n) is 6.13. The molecule has 1 rings (SSSR count). The van der Waals surface area contributed by atoms with Crippen LogP contribution >= 0.6 is 0 Å². The molecule has 0 saturated carbocycles. The maximum Gasteiger partial charge on any atom is 0.111 e. The topological polar surface area (TPSA) is 50.1 Å². The summed E-state index contributed by atoms with van der Waals surface area (Å²) in [5.74, 6) is 0.922. The number of nitrogens with zero attached hydrogens (tertiary/aromatic N) is 2. The molecular formula is C13H25N3O. The minimum Gasteiger partial charge on any atom is -0.390 e. The van der Waals surface area contributed by atoms with Crippen LogP contribution in [0.2, 0.25) is 0 Å². The van der Waals surface area contributed by atoms with E-state index < -0.39 is 5.60 Å². The second-order valence-electron chi connectivity index (χ2n) is 6.05. The quantitative estimate of drug-likeness (QED) is 0.818. The van der Waals surface area contributed by atoms with Crippen LogP contribution in [0.25, 0.3) is 0 Å². The van der Waals surface area contributed by atoms with E-state index in [0.29, 0.717) is 6.42 Å². The summed E-state index contributed by atoms with van der Waals surface area (Å²) in [5, 5.41) is 13.7. The van der Waals surface area contributed by atoms with Gasteiger partial charge >= 0.3 is 0 Å². The van der Waals surface area contributed by atoms with Crippen LogP contribution in [-0.2, 0) is 13.5 Å². The molecule has 2 N–H and O–H groups in total. The van der Waals surface area contributed by atoms with Crippen molar-refractivity contribution in [3.8, 4) is 0 Å². The van der Waals surface area contributed by atoms with Crippen molar-refractivity contribution in [3.05, 3.63) is 18.2 Å². The number of aliphatic hydroxyl groups is 1. The van der Waals surface area contributed by atoms with E-state index in [0.717, 1.165) is 18.8 Å². The van der Waals surface area contributed by atoms with Gasteiger partial charge in [0.2, 0.25) is 0 Å². The SMILES string of the molecule is Cn1ccnc1CC(C)(O)CCNC(C)(C)C. The van der Waals surface area contributed by atoms with Crippen molar-refractivity contribution in [2.24, 2.45) is 7.05 Å². The molecule has 1 atom stereocenters. The van der Waals surface area contributed by atoms with Gasteiger partial charge in [0.15, 0.2) is 0 Å². The monoisotopic (exact) mass is 239 g/mol. The summed E-state index contributed by atoms with van der Waals surface area (Å²) >= 11 is 0. The van der Waals surface area contributed by atoms with Gasteiger partial charge in [-0.3, -0.25) is 0 Å². The zero-order chi connectivity index (χ0) is 13.1. The molecule has 0 saturated heterocycles. The van der Waals surface area contributed by atoms with Crippen LogP contribution in [0.3, 0.4) is 0 Å². The first-order chi connectivity index (χ1) is 7.70. The molecule has 0 bridgehead atoms. The van der Waals surface area contributed by atoms with Crippen LogP contribution in [0, 0.1) is 0 Å². The zero-order valence-corrected chi connectivity index (χ0v) is 11.6. The Morgan fingerprint density at radius 1 is 1.35 bits per heavy atom. The Kier molecular flexibility index (Phi) is 4.33. The zero-order valence-electron chi connectivity index (χ0n) is 11.6. The van der Waals surface area contributed by atoms with E-state index in [4.69, 9.17) is 0 Å². The van der Waals surface area contributed by atoms with Gasteiger partial charge in [-0.25, -0.2) is 4.98 Å². The highest BCUT2D eigenvalue weighted by atomic mass is 16.3. The summed E-state index contributed by atoms with van der Waals surface area (Å²) in [6.07, 6.45) is 4.97. The Balaban J connectivity index is 2.44. The highest BCUT2D eigenvalue weighted by molar-refractivity contribution is 4.97. The van der Waals surface area contributed by atoms with Crippen molar-refractivity contribution in [1.29, 1.82) is 0 Å². The maximum atomic E-state index is 10.3. The summed E-state index contributed by atoms with van der Waals surface area (Å²) in [5.41, 5.74) is -0.614. The first kappa shape index (κ1) is 14.2. The molecule has 0 aliphatic carbocycles. The van der Waals surface area contributed by atoms with E-state index in [1.54, 1.807) is 6.20 Å². The number of rotatable bonds is 5. The largest absolute Gasteiger partial charge is 0.390 e. The van der Waals surface area contributed by atoms with Crippen LogP contribution < -0.4 is 5.32 Å². The molecule has 98 valence electrons. The lowest BCUT2D eigenvalue weighted by Crippen LogP contribution is -2.40. The lowest BCUT2D eigenvalue weighted by Gasteiger charge is -2.26. The molecule has 4 heteroatoms. The Labute approximate surface area is 104 Å². The van der Waals surface area contributed by atoms with Crippen molar-refractivity contribution >= 4 is 0 Å². The fourth-order valence-corrected chi connectivity index (χ4v) is 1.70. The third kappa shape index (κ3) is 5.33. The van der Waals surface area contributed by atoms with Gasteiger partial charge in [0.25, 0.3) is 0 Å². The fourth-order valence-electron chi connectivity index (χ4n) is 1.70. The lowest BCUT2D eigenvalue weighted by molar-refractivity contribution is 0.0473. The molecule has 0 amide bonds. The van der Waals surface area contributed by atoms with Crippen LogP contribution in [0.4, 0.5) is 0 Å². The second-order valence-corrected chi connectivity index (χ2v) is 6.05. The van der Waals surface area contributed by atoms with Crippen molar-refractivity contribution in [2.75, 3.05) is 6.54 Å². The standard InChI is InChI=1S/C13H25N3O/c1-12(2,3)15-7-6-13(4,17)10-11-14-8-9-16(11)5/h8-9,15,17H,6-7,10H2,1-5H3. The van der Waals surface area contributed by atoms with E-state index in [1.807, 2.05) is 24.7 Å². The van der Waals surface area contributed by atoms with Crippen LogP contribution in [-0.4, -0.2) is 32.3 Å². The van der Waals surface area contributed by atoms with Gasteiger partial charge in [0, 0.05) is 31.4 Å². The normalized spacial score (nSPS) is 15.9. The minimum atomic E-state index is -0.711. The molecule has 1 heterocycles. The number of imidazole rings is 1. The van der Waals surface area contributed by atoms with Crippen LogP contribution in [0.1, 0.15) is 39.9 Å². The predicted molar refractivity (Wildman–Crippen MR) is 69.9 cm³/mol. The fraction of sp³-hybridized carbons (Fsp3) is 0.769. The maximum absolute atomic E-state index is 10.3. The number of hydrogen-bond donors (Lipinski definition) is 2. The van der Waals surface area contributed by atoms with E-state index in [9.17, 15) is 5.11 Å². The van der Waals surface area contributed by atoms with Gasteiger partial charge in [-0.2, -0.15) is 0 Å². The predicted octanol–water partition coefficient (Wildman–Crippen LogP) is 1.49. The average molecular weight is 239 g/mol. The summed E-state index contributed by atoms with van der Waals surface area (Å²) in [7, 11) is 1.95. The van der Waals surface area contributed by atoms with Gasteiger partial charge in [-0.1, -0.05) is 0 Å². The molecule has 0 radical (unpaired) electrons. The van der Waals surface area contributed by atoms with Gasteiger partial charge in [0.1, 0.15) is 5.82 Å². The molecule has 0 fully saturated rings. The summed E-state index contributed by atoms with van der Waals surface area (Å²) in [6, 6.07) is 0. The van der Waals surface area contributed by atoms with E-state index in [-0.39, 0.29) is 5.54 Å². The smallest absolute Gasteiger partial charge is 0.111 e. The van der Waals surface area contributed by atoms with Gasteiger partial charge in [0.05, 0.1) is 5.60 Å². The number of hydrogen-bond acceptors (Lipinski definition) is 3. The molecular weight excluding hydrogens is 214 g/mol. The van der Waals surface area contributed by atoms with Crippen molar-refractivity contribution < 1.29 is 5.11 Å². The van der Waals surface area contributed by atoms with Crippen molar-refractivity contribution in [2.45, 2.75) is 51.7 Å². The molecule has 17 heavy (non-hydrogen) atoms. The summed E-state index contributed by atoms with van der Waals surface area (Å²) in [4.78, 5) is 4.24. The van der Waals surface area contributed by atoms with Crippen molar-refractivity contribution in [1.82, 2.24) is 14.9 Å². The second kappa shape index (κ2) is 5.19. The third-order valence-corrected chi connectivity index (χ3v) is 2.78. The van der Waals surface area contributed by atoms with Crippen LogP contribution in [0.15, 0.2) is 12.4 Å². The summed E-state index contributed by atoms with van der Waals surface area (Å²) in [6.45, 7) is 9.05. The highest BCUT2D eigenvalue weighted by Crippen LogP contribution is 2.15. The van der Waals surface area contributed by atoms with E-state index in [1.165, 1.54) is 0 Å². The lowest BCUT2D eigenvalue weighted by atomic mass is 9.97. The molecule has 0 aromatic carbocycles. The van der Waals surface area contributed by atoms with Crippen molar-refractivity contribution in [3.63, 3.8) is 0 Å². The third-order valence-electron chi connectivity index (χ3n) is 2.78. The molecule has 0 spiro atoms. The Hall–Kier alpha value is -0.870. The van der Waals surface area contributed by atoms with Gasteiger partial charge in [-0.15, -0.1) is 0 Å². The Morgan fingerprint density at radius 2 is 2.00 bits per heavy atom. The number of aromatic nitrogens is 2. The van der Waals surface area contributed by atoms with E-state index in [2.05, 4.69) is 31.1 Å². The summed E-state index contributed by atoms with van der Waals surface area (Å²) < 4.78 is 1.95. The first-order valence-corrected chi connectivity index (χ1v) is 6.13. The Morgan fingerprint density at radius 3 is 2.47 bits per heavy atom. The minimum absolute atomic E-state index is 0.0965. The highest BCUT2D eigenvalue weighted by Gasteiger charge is 2.23. The average Bonchev–Trinajstić information content (AvgIpc) is 2.48.